The number of rotatable bonds is 6. The number of nitrogens with one attached hydrogen (secondary N) is 1. The summed E-state index contributed by atoms with van der Waals surface area (Å²) in [7, 11) is 0. The smallest absolute Gasteiger partial charge is 0.327 e. The van der Waals surface area contributed by atoms with Crippen molar-refractivity contribution in [3.63, 3.8) is 0 Å². The number of nitro groups is 1. The number of nitro benzene ring substituents is 1. The molecule has 0 heterocycles. The van der Waals surface area contributed by atoms with E-state index < -0.39 is 16.4 Å². The average molecular weight is 264 g/mol. The van der Waals surface area contributed by atoms with Crippen LogP contribution in [0, 0.1) is 33.7 Å². The Morgan fingerprint density at radius 3 is 2.47 bits per heavy atom. The van der Waals surface area contributed by atoms with Crippen LogP contribution in [0.1, 0.15) is 25.7 Å². The van der Waals surface area contributed by atoms with Crippen LogP contribution in [-0.4, -0.2) is 11.5 Å². The van der Waals surface area contributed by atoms with Crippen molar-refractivity contribution >= 4 is 11.4 Å². The number of hydrogen-bond acceptors (Lipinski definition) is 3. The second-order valence-corrected chi connectivity index (χ2v) is 5.61. The van der Waals surface area contributed by atoms with Gasteiger partial charge in [0.15, 0.2) is 0 Å². The van der Waals surface area contributed by atoms with Crippen LogP contribution in [-0.2, 0) is 0 Å². The number of nitrogens with zero attached hydrogens (tertiary/aromatic N) is 1. The molecule has 102 valence electrons. The summed E-state index contributed by atoms with van der Waals surface area (Å²) >= 11 is 0. The van der Waals surface area contributed by atoms with Gasteiger partial charge in [-0.25, -0.2) is 0 Å². The molecule has 1 aromatic carbocycles. The molecule has 0 aromatic heterocycles. The maximum absolute atomic E-state index is 13.5. The Morgan fingerprint density at radius 2 is 1.95 bits per heavy atom. The molecule has 0 amide bonds. The summed E-state index contributed by atoms with van der Waals surface area (Å²) in [5, 5.41) is 14.0. The van der Waals surface area contributed by atoms with Crippen molar-refractivity contribution in [2.75, 3.05) is 11.9 Å². The summed E-state index contributed by atoms with van der Waals surface area (Å²) in [5.41, 5.74) is -0.135. The normalized spacial score (nSPS) is 18.6. The lowest BCUT2D eigenvalue weighted by Crippen LogP contribution is -2.19. The van der Waals surface area contributed by atoms with Crippen molar-refractivity contribution in [1.82, 2.24) is 0 Å². The third-order valence-corrected chi connectivity index (χ3v) is 4.15. The van der Waals surface area contributed by atoms with Crippen molar-refractivity contribution in [3.8, 4) is 0 Å². The molecular formula is C14H17FN2O2. The summed E-state index contributed by atoms with van der Waals surface area (Å²) < 4.78 is 13.5. The van der Waals surface area contributed by atoms with Gasteiger partial charge in [0.05, 0.1) is 4.92 Å². The second kappa shape index (κ2) is 4.79. The van der Waals surface area contributed by atoms with Crippen LogP contribution in [0.4, 0.5) is 15.8 Å². The molecule has 0 radical (unpaired) electrons. The first-order chi connectivity index (χ1) is 9.16. The Morgan fingerprint density at radius 1 is 1.32 bits per heavy atom. The fourth-order valence-electron chi connectivity index (χ4n) is 2.84. The van der Waals surface area contributed by atoms with E-state index in [0.717, 1.165) is 24.4 Å². The number of anilines is 1. The van der Waals surface area contributed by atoms with Crippen LogP contribution >= 0.6 is 0 Å². The first-order valence-electron chi connectivity index (χ1n) is 6.83. The predicted octanol–water partition coefficient (Wildman–Crippen LogP) is 3.58. The van der Waals surface area contributed by atoms with E-state index in [2.05, 4.69) is 5.32 Å². The summed E-state index contributed by atoms with van der Waals surface area (Å²) in [6.07, 6.45) is 5.09. The zero-order valence-electron chi connectivity index (χ0n) is 10.6. The summed E-state index contributed by atoms with van der Waals surface area (Å²) in [5.74, 6) is 1.37. The van der Waals surface area contributed by atoms with Gasteiger partial charge in [-0.1, -0.05) is 6.07 Å². The van der Waals surface area contributed by atoms with Crippen molar-refractivity contribution < 1.29 is 9.31 Å². The average Bonchev–Trinajstić information content (AvgIpc) is 3.23. The zero-order chi connectivity index (χ0) is 13.4. The van der Waals surface area contributed by atoms with E-state index in [-0.39, 0.29) is 0 Å². The first-order valence-corrected chi connectivity index (χ1v) is 6.83. The van der Waals surface area contributed by atoms with Gasteiger partial charge in [-0.3, -0.25) is 10.1 Å². The molecule has 2 aliphatic rings. The van der Waals surface area contributed by atoms with Crippen LogP contribution in [0.5, 0.6) is 0 Å². The van der Waals surface area contributed by atoms with E-state index in [1.165, 1.54) is 31.7 Å². The number of hydrogen-bond donors (Lipinski definition) is 1. The van der Waals surface area contributed by atoms with Crippen molar-refractivity contribution in [2.45, 2.75) is 25.7 Å². The lowest BCUT2D eigenvalue weighted by Gasteiger charge is -2.17. The van der Waals surface area contributed by atoms with Gasteiger partial charge in [0.2, 0.25) is 5.82 Å². The van der Waals surface area contributed by atoms with Gasteiger partial charge in [-0.15, -0.1) is 0 Å². The summed E-state index contributed by atoms with van der Waals surface area (Å²) in [4.78, 5) is 10.3. The minimum Gasteiger partial charge on any atom is -0.379 e. The van der Waals surface area contributed by atoms with Gasteiger partial charge in [0, 0.05) is 6.54 Å². The maximum Gasteiger partial charge on any atom is 0.327 e. The van der Waals surface area contributed by atoms with Crippen molar-refractivity contribution in [2.24, 2.45) is 17.8 Å². The zero-order valence-corrected chi connectivity index (χ0v) is 10.6. The fourth-order valence-corrected chi connectivity index (χ4v) is 2.84. The fraction of sp³-hybridized carbons (Fsp3) is 0.571. The molecule has 2 aliphatic carbocycles. The van der Waals surface area contributed by atoms with Crippen molar-refractivity contribution in [3.05, 3.63) is 34.1 Å². The highest BCUT2D eigenvalue weighted by molar-refractivity contribution is 5.61. The molecule has 1 N–H and O–H groups in total. The van der Waals surface area contributed by atoms with E-state index in [1.54, 1.807) is 6.07 Å². The molecule has 19 heavy (non-hydrogen) atoms. The Balaban J connectivity index is 1.72. The molecule has 0 bridgehead atoms. The first kappa shape index (κ1) is 12.4. The van der Waals surface area contributed by atoms with E-state index in [0.29, 0.717) is 11.6 Å². The Kier molecular flexibility index (Phi) is 3.12. The number of halogens is 1. The highest BCUT2D eigenvalue weighted by Crippen LogP contribution is 2.49. The van der Waals surface area contributed by atoms with Gasteiger partial charge in [0.25, 0.3) is 0 Å². The quantitative estimate of drug-likeness (QED) is 0.631. The Hall–Kier alpha value is -1.65. The van der Waals surface area contributed by atoms with Crippen LogP contribution in [0.15, 0.2) is 18.2 Å². The van der Waals surface area contributed by atoms with Gasteiger partial charge >= 0.3 is 5.69 Å². The highest BCUT2D eigenvalue weighted by atomic mass is 19.1. The van der Waals surface area contributed by atoms with E-state index >= 15 is 0 Å². The third-order valence-electron chi connectivity index (χ3n) is 4.15. The third kappa shape index (κ3) is 2.69. The minimum absolute atomic E-state index is 0.302. The van der Waals surface area contributed by atoms with Gasteiger partial charge < -0.3 is 5.32 Å². The van der Waals surface area contributed by atoms with E-state index in [4.69, 9.17) is 0 Å². The molecule has 0 saturated heterocycles. The molecule has 1 aromatic rings. The maximum atomic E-state index is 13.5. The summed E-state index contributed by atoms with van der Waals surface area (Å²) in [6, 6.07) is 4.22. The molecule has 0 spiro atoms. The molecule has 0 atom stereocenters. The molecule has 2 saturated carbocycles. The second-order valence-electron chi connectivity index (χ2n) is 5.61. The van der Waals surface area contributed by atoms with Crippen LogP contribution in [0.2, 0.25) is 0 Å². The SMILES string of the molecule is O=[N+]([O-])c1c(F)cccc1NCC(C1CC1)C1CC1. The van der Waals surface area contributed by atoms with E-state index in [1.807, 2.05) is 0 Å². The van der Waals surface area contributed by atoms with Crippen LogP contribution in [0.25, 0.3) is 0 Å². The monoisotopic (exact) mass is 264 g/mol. The molecule has 0 unspecified atom stereocenters. The van der Waals surface area contributed by atoms with Gasteiger partial charge in [0.1, 0.15) is 5.69 Å². The Labute approximate surface area is 111 Å². The predicted molar refractivity (Wildman–Crippen MR) is 70.5 cm³/mol. The Bertz CT molecular complexity index is 486. The molecule has 2 fully saturated rings. The molecule has 3 rings (SSSR count). The topological polar surface area (TPSA) is 55.2 Å². The summed E-state index contributed by atoms with van der Waals surface area (Å²) in [6.45, 7) is 0.722. The van der Waals surface area contributed by atoms with Crippen molar-refractivity contribution in [1.29, 1.82) is 0 Å². The standard InChI is InChI=1S/C14H17FN2O2/c15-12-2-1-3-13(14(12)17(18)19)16-8-11(9-4-5-9)10-6-7-10/h1-3,9-11,16H,4-8H2. The number of benzene rings is 1. The minimum atomic E-state index is -0.774. The molecule has 4 nitrogen and oxygen atoms in total. The lowest BCUT2D eigenvalue weighted by atomic mass is 9.98. The molecular weight excluding hydrogens is 247 g/mol. The van der Waals surface area contributed by atoms with Crippen LogP contribution in [0.3, 0.4) is 0 Å². The highest BCUT2D eigenvalue weighted by Gasteiger charge is 2.41. The van der Waals surface area contributed by atoms with Gasteiger partial charge in [-0.2, -0.15) is 4.39 Å². The molecule has 0 aliphatic heterocycles. The van der Waals surface area contributed by atoms with Crippen LogP contribution < -0.4 is 5.32 Å². The number of para-hydroxylation sites is 1. The van der Waals surface area contributed by atoms with E-state index in [9.17, 15) is 14.5 Å². The molecule has 5 heteroatoms. The largest absolute Gasteiger partial charge is 0.379 e. The van der Waals surface area contributed by atoms with Gasteiger partial charge in [-0.05, 0) is 55.6 Å². The lowest BCUT2D eigenvalue weighted by molar-refractivity contribution is -0.386.